The molecule has 2 rings (SSSR count). The smallest absolute Gasteiger partial charge is 0.304 e. The molecule has 0 spiro atoms. The van der Waals surface area contributed by atoms with Gasteiger partial charge in [0, 0.05) is 25.2 Å². The Kier molecular flexibility index (Phi) is 9.13. The average molecular weight is 402 g/mol. The molecule has 0 atom stereocenters. The first kappa shape index (κ1) is 22.9. The SMILES string of the molecule is CCC(CC)COc1cccc(CN(CCC(=O)O)Cc2cc(C)ccc2F)c1. The van der Waals surface area contributed by atoms with Gasteiger partial charge in [0.15, 0.2) is 0 Å². The second-order valence-electron chi connectivity index (χ2n) is 7.59. The van der Waals surface area contributed by atoms with E-state index in [4.69, 9.17) is 9.84 Å². The summed E-state index contributed by atoms with van der Waals surface area (Å²) < 4.78 is 20.2. The van der Waals surface area contributed by atoms with E-state index < -0.39 is 5.97 Å². The van der Waals surface area contributed by atoms with Gasteiger partial charge in [-0.3, -0.25) is 9.69 Å². The molecule has 0 aliphatic heterocycles. The molecule has 5 heteroatoms. The number of hydrogen-bond donors (Lipinski definition) is 1. The Balaban J connectivity index is 2.10. The van der Waals surface area contributed by atoms with Crippen molar-refractivity contribution in [3.8, 4) is 5.75 Å². The summed E-state index contributed by atoms with van der Waals surface area (Å²) in [6.07, 6.45) is 2.18. The summed E-state index contributed by atoms with van der Waals surface area (Å²) in [4.78, 5) is 13.0. The number of ether oxygens (including phenoxy) is 1. The summed E-state index contributed by atoms with van der Waals surface area (Å²) in [7, 11) is 0. The molecule has 0 fully saturated rings. The predicted molar refractivity (Wildman–Crippen MR) is 114 cm³/mol. The predicted octanol–water partition coefficient (Wildman–Crippen LogP) is 5.43. The summed E-state index contributed by atoms with van der Waals surface area (Å²) in [6.45, 7) is 8.18. The van der Waals surface area contributed by atoms with Crippen molar-refractivity contribution >= 4 is 5.97 Å². The van der Waals surface area contributed by atoms with Gasteiger partial charge in [0.25, 0.3) is 0 Å². The first-order chi connectivity index (χ1) is 13.9. The van der Waals surface area contributed by atoms with Crippen LogP contribution in [0.1, 0.15) is 49.8 Å². The van der Waals surface area contributed by atoms with Crippen molar-refractivity contribution in [3.05, 3.63) is 65.0 Å². The van der Waals surface area contributed by atoms with Gasteiger partial charge in [-0.25, -0.2) is 4.39 Å². The number of aliphatic carboxylic acids is 1. The Bertz CT molecular complexity index is 789. The number of halogens is 1. The normalized spacial score (nSPS) is 11.2. The third kappa shape index (κ3) is 7.86. The molecule has 0 unspecified atom stereocenters. The maximum Gasteiger partial charge on any atom is 0.304 e. The Morgan fingerprint density at radius 3 is 2.59 bits per heavy atom. The molecule has 0 bridgehead atoms. The minimum Gasteiger partial charge on any atom is -0.493 e. The van der Waals surface area contributed by atoms with E-state index in [2.05, 4.69) is 13.8 Å². The first-order valence-electron chi connectivity index (χ1n) is 10.3. The van der Waals surface area contributed by atoms with Gasteiger partial charge in [-0.05, 0) is 36.6 Å². The number of aryl methyl sites for hydroxylation is 1. The second kappa shape index (κ2) is 11.6. The number of carboxylic acid groups (broad SMARTS) is 1. The van der Waals surface area contributed by atoms with Crippen molar-refractivity contribution in [3.63, 3.8) is 0 Å². The summed E-state index contributed by atoms with van der Waals surface area (Å²) in [5, 5.41) is 9.09. The van der Waals surface area contributed by atoms with Crippen LogP contribution in [0.5, 0.6) is 5.75 Å². The fourth-order valence-electron chi connectivity index (χ4n) is 3.26. The summed E-state index contributed by atoms with van der Waals surface area (Å²) in [5.74, 6) is 0.226. The average Bonchev–Trinajstić information content (AvgIpc) is 2.70. The molecule has 2 aromatic rings. The molecule has 0 aromatic heterocycles. The van der Waals surface area contributed by atoms with E-state index in [9.17, 15) is 9.18 Å². The largest absolute Gasteiger partial charge is 0.493 e. The van der Waals surface area contributed by atoms with Gasteiger partial charge in [0.05, 0.1) is 13.0 Å². The van der Waals surface area contributed by atoms with E-state index in [1.54, 1.807) is 6.07 Å². The topological polar surface area (TPSA) is 49.8 Å². The summed E-state index contributed by atoms with van der Waals surface area (Å²) in [5.41, 5.74) is 2.58. The first-order valence-corrected chi connectivity index (χ1v) is 10.3. The van der Waals surface area contributed by atoms with E-state index in [0.29, 0.717) is 37.7 Å². The molecule has 4 nitrogen and oxygen atoms in total. The van der Waals surface area contributed by atoms with Crippen molar-refractivity contribution < 1.29 is 19.0 Å². The Morgan fingerprint density at radius 1 is 1.14 bits per heavy atom. The molecule has 2 aromatic carbocycles. The van der Waals surface area contributed by atoms with Crippen LogP contribution in [-0.4, -0.2) is 29.1 Å². The van der Waals surface area contributed by atoms with E-state index in [1.165, 1.54) is 6.07 Å². The zero-order valence-corrected chi connectivity index (χ0v) is 17.7. The van der Waals surface area contributed by atoms with Gasteiger partial charge in [-0.15, -0.1) is 0 Å². The molecule has 0 saturated heterocycles. The number of benzene rings is 2. The van der Waals surface area contributed by atoms with Gasteiger partial charge in [-0.2, -0.15) is 0 Å². The van der Waals surface area contributed by atoms with Crippen LogP contribution in [0.2, 0.25) is 0 Å². The van der Waals surface area contributed by atoms with Gasteiger partial charge in [0.2, 0.25) is 0 Å². The van der Waals surface area contributed by atoms with E-state index >= 15 is 0 Å². The van der Waals surface area contributed by atoms with Crippen LogP contribution >= 0.6 is 0 Å². The fraction of sp³-hybridized carbons (Fsp3) is 0.458. The molecule has 1 N–H and O–H groups in total. The van der Waals surface area contributed by atoms with Gasteiger partial charge < -0.3 is 9.84 Å². The van der Waals surface area contributed by atoms with Crippen molar-refractivity contribution in [2.24, 2.45) is 5.92 Å². The maximum atomic E-state index is 14.2. The fourth-order valence-corrected chi connectivity index (χ4v) is 3.26. The van der Waals surface area contributed by atoms with E-state index in [0.717, 1.165) is 29.7 Å². The van der Waals surface area contributed by atoms with Gasteiger partial charge >= 0.3 is 5.97 Å². The lowest BCUT2D eigenvalue weighted by Crippen LogP contribution is -2.26. The Labute approximate surface area is 173 Å². The quantitative estimate of drug-likeness (QED) is 0.515. The molecule has 0 radical (unpaired) electrons. The number of nitrogens with zero attached hydrogens (tertiary/aromatic N) is 1. The molecule has 0 aliphatic rings. The van der Waals surface area contributed by atoms with Gasteiger partial charge in [-0.1, -0.05) is 56.5 Å². The lowest BCUT2D eigenvalue weighted by atomic mass is 10.1. The number of rotatable bonds is 12. The monoisotopic (exact) mass is 401 g/mol. The Morgan fingerprint density at radius 2 is 1.90 bits per heavy atom. The minimum absolute atomic E-state index is 0.0122. The summed E-state index contributed by atoms with van der Waals surface area (Å²) in [6, 6.07) is 12.9. The molecule has 29 heavy (non-hydrogen) atoms. The molecule has 158 valence electrons. The highest BCUT2D eigenvalue weighted by Gasteiger charge is 2.13. The molecular weight excluding hydrogens is 369 g/mol. The van der Waals surface area contributed by atoms with Crippen molar-refractivity contribution in [1.82, 2.24) is 4.90 Å². The van der Waals surface area contributed by atoms with Gasteiger partial charge in [0.1, 0.15) is 11.6 Å². The zero-order chi connectivity index (χ0) is 21.2. The zero-order valence-electron chi connectivity index (χ0n) is 17.7. The standard InChI is InChI=1S/C24H32FNO3/c1-4-19(5-2)17-29-22-8-6-7-20(14-22)15-26(12-11-24(27)28)16-21-13-18(3)9-10-23(21)25/h6-10,13-14,19H,4-5,11-12,15-17H2,1-3H3,(H,27,28). The second-order valence-corrected chi connectivity index (χ2v) is 7.59. The molecule has 0 aliphatic carbocycles. The van der Waals surface area contributed by atoms with Crippen LogP contribution in [-0.2, 0) is 17.9 Å². The van der Waals surface area contributed by atoms with E-state index in [1.807, 2.05) is 42.2 Å². The third-order valence-corrected chi connectivity index (χ3v) is 5.18. The maximum absolute atomic E-state index is 14.2. The van der Waals surface area contributed by atoms with Crippen molar-refractivity contribution in [1.29, 1.82) is 0 Å². The van der Waals surface area contributed by atoms with E-state index in [-0.39, 0.29) is 12.2 Å². The van der Waals surface area contributed by atoms with Crippen LogP contribution < -0.4 is 4.74 Å². The number of hydrogen-bond acceptors (Lipinski definition) is 3. The lowest BCUT2D eigenvalue weighted by molar-refractivity contribution is -0.137. The lowest BCUT2D eigenvalue weighted by Gasteiger charge is -2.23. The van der Waals surface area contributed by atoms with Crippen LogP contribution in [0.4, 0.5) is 4.39 Å². The molecular formula is C24H32FNO3. The van der Waals surface area contributed by atoms with Crippen LogP contribution in [0.3, 0.4) is 0 Å². The minimum atomic E-state index is -0.859. The molecule has 0 saturated carbocycles. The highest BCUT2D eigenvalue weighted by Crippen LogP contribution is 2.20. The molecule has 0 amide bonds. The highest BCUT2D eigenvalue weighted by atomic mass is 19.1. The third-order valence-electron chi connectivity index (χ3n) is 5.18. The summed E-state index contributed by atoms with van der Waals surface area (Å²) >= 11 is 0. The van der Waals surface area contributed by atoms with Crippen molar-refractivity contribution in [2.45, 2.75) is 53.1 Å². The van der Waals surface area contributed by atoms with Crippen molar-refractivity contribution in [2.75, 3.05) is 13.2 Å². The highest BCUT2D eigenvalue weighted by molar-refractivity contribution is 5.66. The molecule has 0 heterocycles. The number of carboxylic acids is 1. The van der Waals surface area contributed by atoms with Crippen LogP contribution in [0.15, 0.2) is 42.5 Å². The van der Waals surface area contributed by atoms with Crippen LogP contribution in [0.25, 0.3) is 0 Å². The van der Waals surface area contributed by atoms with Crippen LogP contribution in [0, 0.1) is 18.7 Å². The number of carbonyl (C=O) groups is 1. The Hall–Kier alpha value is -2.40.